The molecule has 2 heterocycles. The fourth-order valence-electron chi connectivity index (χ4n) is 0.889. The van der Waals surface area contributed by atoms with E-state index in [-0.39, 0.29) is 0 Å². The number of Topliss-reactive ketones (excluding diaryl/α,β-unsaturated/α-hetero) is 1. The summed E-state index contributed by atoms with van der Waals surface area (Å²) in [6.45, 7) is 0. The van der Waals surface area contributed by atoms with Crippen LogP contribution in [0.5, 0.6) is 0 Å². The zero-order chi connectivity index (χ0) is 7.84. The number of ketones is 1. The summed E-state index contributed by atoms with van der Waals surface area (Å²) in [7, 11) is 0. The van der Waals surface area contributed by atoms with Gasteiger partial charge in [-0.25, -0.2) is 4.98 Å². The molecule has 1 aliphatic heterocycles. The quantitative estimate of drug-likeness (QED) is 0.536. The molecule has 0 aliphatic carbocycles. The highest BCUT2D eigenvalue weighted by atomic mass is 32.2. The van der Waals surface area contributed by atoms with E-state index in [1.807, 2.05) is 0 Å². The summed E-state index contributed by atoms with van der Waals surface area (Å²) >= 11 is 0.900. The fourth-order valence-corrected chi connectivity index (χ4v) is 1.65. The number of thioether (sulfide) groups is 1. The van der Waals surface area contributed by atoms with Crippen LogP contribution in [0.3, 0.4) is 0 Å². The minimum atomic E-state index is -0.432. The number of hydrogen-bond acceptors (Lipinski definition) is 4. The molecule has 4 heteroatoms. The molecule has 54 valence electrons. The second-order valence-corrected chi connectivity index (χ2v) is 3.04. The van der Waals surface area contributed by atoms with Gasteiger partial charge in [0.15, 0.2) is 0 Å². The number of carbonyl (C=O) groups excluding carboxylic acids is 2. The minimum Gasteiger partial charge on any atom is -0.284 e. The van der Waals surface area contributed by atoms with E-state index in [1.54, 1.807) is 18.3 Å². The first-order chi connectivity index (χ1) is 5.29. The van der Waals surface area contributed by atoms with Crippen LogP contribution in [0.1, 0.15) is 10.4 Å². The van der Waals surface area contributed by atoms with Crippen molar-refractivity contribution in [3.8, 4) is 0 Å². The van der Waals surface area contributed by atoms with Crippen molar-refractivity contribution in [2.45, 2.75) is 5.03 Å². The van der Waals surface area contributed by atoms with Gasteiger partial charge in [-0.2, -0.15) is 0 Å². The SMILES string of the molecule is O=C1Sc2ncccc2C1=O. The van der Waals surface area contributed by atoms with Gasteiger partial charge in [0, 0.05) is 6.20 Å². The maximum atomic E-state index is 11.0. The van der Waals surface area contributed by atoms with Gasteiger partial charge < -0.3 is 0 Å². The van der Waals surface area contributed by atoms with Gasteiger partial charge in [-0.15, -0.1) is 0 Å². The summed E-state index contributed by atoms with van der Waals surface area (Å²) in [4.78, 5) is 25.7. The summed E-state index contributed by atoms with van der Waals surface area (Å²) in [5, 5.41) is 0.0983. The van der Waals surface area contributed by atoms with Crippen molar-refractivity contribution in [1.29, 1.82) is 0 Å². The van der Waals surface area contributed by atoms with E-state index >= 15 is 0 Å². The molecule has 0 atom stereocenters. The Bertz CT molecular complexity index is 348. The third kappa shape index (κ3) is 0.867. The third-order valence-corrected chi connectivity index (χ3v) is 2.28. The van der Waals surface area contributed by atoms with Crippen molar-refractivity contribution in [2.75, 3.05) is 0 Å². The number of nitrogens with zero attached hydrogens (tertiary/aromatic N) is 1. The van der Waals surface area contributed by atoms with Crippen molar-refractivity contribution in [3.05, 3.63) is 23.9 Å². The van der Waals surface area contributed by atoms with Crippen LogP contribution in [0.25, 0.3) is 0 Å². The van der Waals surface area contributed by atoms with E-state index in [4.69, 9.17) is 0 Å². The van der Waals surface area contributed by atoms with Gasteiger partial charge in [-0.05, 0) is 23.9 Å². The molecule has 0 N–H and O–H groups in total. The molecule has 0 fully saturated rings. The van der Waals surface area contributed by atoms with E-state index in [2.05, 4.69) is 4.98 Å². The Morgan fingerprint density at radius 3 is 2.91 bits per heavy atom. The van der Waals surface area contributed by atoms with Gasteiger partial charge >= 0.3 is 0 Å². The molecule has 1 aromatic rings. The summed E-state index contributed by atoms with van der Waals surface area (Å²) in [5.74, 6) is -0.432. The average Bonchev–Trinajstić information content (AvgIpc) is 2.30. The van der Waals surface area contributed by atoms with E-state index in [9.17, 15) is 9.59 Å². The first-order valence-corrected chi connectivity index (χ1v) is 3.82. The second kappa shape index (κ2) is 2.17. The normalized spacial score (nSPS) is 15.3. The standard InChI is InChI=1S/C7H3NO2S/c9-5-4-2-1-3-8-6(4)11-7(5)10/h1-3H. The van der Waals surface area contributed by atoms with Gasteiger partial charge in [0.1, 0.15) is 5.03 Å². The van der Waals surface area contributed by atoms with Crippen LogP contribution in [-0.2, 0) is 4.79 Å². The van der Waals surface area contributed by atoms with Crippen molar-refractivity contribution in [3.63, 3.8) is 0 Å². The molecule has 2 rings (SSSR count). The Balaban J connectivity index is 2.64. The molecule has 1 aromatic heterocycles. The molecule has 0 unspecified atom stereocenters. The van der Waals surface area contributed by atoms with Gasteiger partial charge in [0.25, 0.3) is 5.12 Å². The zero-order valence-electron chi connectivity index (χ0n) is 5.40. The molecule has 11 heavy (non-hydrogen) atoms. The minimum absolute atomic E-state index is 0.432. The number of rotatable bonds is 0. The lowest BCUT2D eigenvalue weighted by atomic mass is 10.2. The summed E-state index contributed by atoms with van der Waals surface area (Å²) in [6.07, 6.45) is 1.57. The monoisotopic (exact) mass is 165 g/mol. The Labute approximate surface area is 66.8 Å². The largest absolute Gasteiger partial charge is 0.284 e. The Kier molecular flexibility index (Phi) is 1.29. The zero-order valence-corrected chi connectivity index (χ0v) is 6.22. The molecule has 0 aromatic carbocycles. The van der Waals surface area contributed by atoms with Crippen LogP contribution in [0, 0.1) is 0 Å². The van der Waals surface area contributed by atoms with Crippen molar-refractivity contribution < 1.29 is 9.59 Å². The van der Waals surface area contributed by atoms with Gasteiger partial charge in [0.05, 0.1) is 5.56 Å². The van der Waals surface area contributed by atoms with Gasteiger partial charge in [-0.3, -0.25) is 9.59 Å². The molecule has 0 radical (unpaired) electrons. The van der Waals surface area contributed by atoms with Crippen LogP contribution >= 0.6 is 11.8 Å². The molecule has 1 aliphatic rings. The molecular formula is C7H3NO2S. The molecule has 0 amide bonds. The number of carbonyl (C=O) groups is 2. The number of pyridine rings is 1. The molecule has 0 spiro atoms. The van der Waals surface area contributed by atoms with Crippen LogP contribution < -0.4 is 0 Å². The van der Waals surface area contributed by atoms with E-state index in [0.717, 1.165) is 11.8 Å². The predicted molar refractivity (Wildman–Crippen MR) is 39.4 cm³/mol. The predicted octanol–water partition coefficient (Wildman–Crippen LogP) is 0.897. The van der Waals surface area contributed by atoms with Crippen LogP contribution in [0.4, 0.5) is 0 Å². The Hall–Kier alpha value is -1.16. The lowest BCUT2D eigenvalue weighted by Crippen LogP contribution is -2.01. The smallest absolute Gasteiger partial charge is 0.266 e. The summed E-state index contributed by atoms with van der Waals surface area (Å²) in [6, 6.07) is 3.26. The maximum absolute atomic E-state index is 11.0. The Morgan fingerprint density at radius 2 is 2.18 bits per heavy atom. The van der Waals surface area contributed by atoms with Crippen molar-refractivity contribution in [2.24, 2.45) is 0 Å². The lowest BCUT2D eigenvalue weighted by molar-refractivity contribution is -0.107. The molecule has 0 saturated carbocycles. The van der Waals surface area contributed by atoms with Crippen molar-refractivity contribution >= 4 is 22.7 Å². The van der Waals surface area contributed by atoms with Crippen LogP contribution in [-0.4, -0.2) is 15.9 Å². The summed E-state index contributed by atoms with van der Waals surface area (Å²) in [5.41, 5.74) is 0.433. The highest BCUT2D eigenvalue weighted by Crippen LogP contribution is 2.29. The lowest BCUT2D eigenvalue weighted by Gasteiger charge is -1.88. The van der Waals surface area contributed by atoms with Crippen molar-refractivity contribution in [1.82, 2.24) is 4.98 Å². The first kappa shape index (κ1) is 6.54. The number of fused-ring (bicyclic) bond motifs is 1. The van der Waals surface area contributed by atoms with E-state index in [1.165, 1.54) is 0 Å². The van der Waals surface area contributed by atoms with E-state index in [0.29, 0.717) is 10.6 Å². The molecular weight excluding hydrogens is 162 g/mol. The Morgan fingerprint density at radius 1 is 1.36 bits per heavy atom. The van der Waals surface area contributed by atoms with Crippen LogP contribution in [0.2, 0.25) is 0 Å². The third-order valence-electron chi connectivity index (χ3n) is 1.39. The number of hydrogen-bond donors (Lipinski definition) is 0. The molecule has 3 nitrogen and oxygen atoms in total. The number of aromatic nitrogens is 1. The van der Waals surface area contributed by atoms with Crippen LogP contribution in [0.15, 0.2) is 23.4 Å². The first-order valence-electron chi connectivity index (χ1n) is 3.00. The molecule has 0 bridgehead atoms. The second-order valence-electron chi connectivity index (χ2n) is 2.07. The van der Waals surface area contributed by atoms with E-state index < -0.39 is 10.9 Å². The molecule has 0 saturated heterocycles. The maximum Gasteiger partial charge on any atom is 0.266 e. The highest BCUT2D eigenvalue weighted by Gasteiger charge is 2.29. The van der Waals surface area contributed by atoms with Gasteiger partial charge in [-0.1, -0.05) is 0 Å². The van der Waals surface area contributed by atoms with Gasteiger partial charge in [0.2, 0.25) is 5.78 Å². The topological polar surface area (TPSA) is 47.0 Å². The highest BCUT2D eigenvalue weighted by molar-refractivity contribution is 8.16. The fraction of sp³-hybridized carbons (Fsp3) is 0. The summed E-state index contributed by atoms with van der Waals surface area (Å²) < 4.78 is 0. The average molecular weight is 165 g/mol.